The van der Waals surface area contributed by atoms with E-state index >= 15 is 0 Å². The van der Waals surface area contributed by atoms with Crippen molar-refractivity contribution in [1.82, 2.24) is 10.2 Å². The molecular formula is C17H26N2O3. The molecular weight excluding hydrogens is 280 g/mol. The second-order valence-corrected chi connectivity index (χ2v) is 5.95. The lowest BCUT2D eigenvalue weighted by molar-refractivity contribution is -0.126. The third kappa shape index (κ3) is 4.61. The summed E-state index contributed by atoms with van der Waals surface area (Å²) in [6, 6.07) is 1.67. The number of carbonyl (C=O) groups is 2. The Bertz CT molecular complexity index is 470. The van der Waals surface area contributed by atoms with Gasteiger partial charge in [-0.3, -0.25) is 9.59 Å². The summed E-state index contributed by atoms with van der Waals surface area (Å²) < 4.78 is 4.96. The average molecular weight is 306 g/mol. The predicted octanol–water partition coefficient (Wildman–Crippen LogP) is 2.83. The Kier molecular flexibility index (Phi) is 6.49. The Morgan fingerprint density at radius 3 is 2.95 bits per heavy atom. The summed E-state index contributed by atoms with van der Waals surface area (Å²) in [5, 5.41) is 3.01. The Morgan fingerprint density at radius 2 is 2.23 bits per heavy atom. The minimum atomic E-state index is -0.0872. The van der Waals surface area contributed by atoms with Gasteiger partial charge in [0.05, 0.1) is 17.7 Å². The molecule has 0 aromatic carbocycles. The molecule has 2 rings (SSSR count). The van der Waals surface area contributed by atoms with Gasteiger partial charge in [-0.2, -0.15) is 0 Å². The highest BCUT2D eigenvalue weighted by Gasteiger charge is 2.28. The minimum Gasteiger partial charge on any atom is -0.472 e. The molecule has 2 amide bonds. The van der Waals surface area contributed by atoms with Gasteiger partial charge in [-0.25, -0.2) is 0 Å². The van der Waals surface area contributed by atoms with Gasteiger partial charge in [0, 0.05) is 19.6 Å². The number of amides is 2. The molecule has 1 fully saturated rings. The zero-order valence-corrected chi connectivity index (χ0v) is 13.3. The number of piperidine rings is 1. The van der Waals surface area contributed by atoms with Crippen molar-refractivity contribution >= 4 is 11.8 Å². The molecule has 1 aromatic rings. The molecule has 1 atom stereocenters. The molecule has 22 heavy (non-hydrogen) atoms. The van der Waals surface area contributed by atoms with Gasteiger partial charge in [-0.05, 0) is 25.3 Å². The van der Waals surface area contributed by atoms with Crippen LogP contribution in [0.1, 0.15) is 55.8 Å². The average Bonchev–Trinajstić information content (AvgIpc) is 3.08. The van der Waals surface area contributed by atoms with E-state index < -0.39 is 0 Å². The van der Waals surface area contributed by atoms with Crippen LogP contribution >= 0.6 is 0 Å². The van der Waals surface area contributed by atoms with Crippen LogP contribution in [-0.4, -0.2) is 36.3 Å². The Balaban J connectivity index is 1.77. The molecule has 1 unspecified atom stereocenters. The highest BCUT2D eigenvalue weighted by Crippen LogP contribution is 2.19. The Morgan fingerprint density at radius 1 is 1.36 bits per heavy atom. The van der Waals surface area contributed by atoms with Crippen LogP contribution in [0.15, 0.2) is 23.0 Å². The molecule has 5 heteroatoms. The summed E-state index contributed by atoms with van der Waals surface area (Å²) in [4.78, 5) is 26.3. The van der Waals surface area contributed by atoms with Crippen molar-refractivity contribution in [2.75, 3.05) is 19.6 Å². The first-order chi connectivity index (χ1) is 10.7. The first-order valence-electron chi connectivity index (χ1n) is 8.31. The summed E-state index contributed by atoms with van der Waals surface area (Å²) in [6.45, 7) is 4.13. The fraction of sp³-hybridized carbons (Fsp3) is 0.647. The minimum absolute atomic E-state index is 0.0470. The molecule has 0 radical (unpaired) electrons. The number of hydrogen-bond donors (Lipinski definition) is 1. The van der Waals surface area contributed by atoms with E-state index in [0.717, 1.165) is 32.2 Å². The molecule has 1 N–H and O–H groups in total. The summed E-state index contributed by atoms with van der Waals surface area (Å²) >= 11 is 0. The first kappa shape index (κ1) is 16.6. The van der Waals surface area contributed by atoms with Crippen LogP contribution in [0.3, 0.4) is 0 Å². The third-order valence-electron chi connectivity index (χ3n) is 4.18. The fourth-order valence-electron chi connectivity index (χ4n) is 2.85. The number of likely N-dealkylation sites (tertiary alicyclic amines) is 1. The van der Waals surface area contributed by atoms with Crippen LogP contribution < -0.4 is 5.32 Å². The van der Waals surface area contributed by atoms with Crippen LogP contribution in [0.4, 0.5) is 0 Å². The molecule has 0 aliphatic carbocycles. The highest BCUT2D eigenvalue weighted by molar-refractivity contribution is 5.94. The summed E-state index contributed by atoms with van der Waals surface area (Å²) in [6.07, 6.45) is 9.29. The largest absolute Gasteiger partial charge is 0.472 e. The SMILES string of the molecule is CCCCCCNC(=O)C1CCCN(C(=O)c2ccoc2)C1. The number of nitrogens with zero attached hydrogens (tertiary/aromatic N) is 1. The van der Waals surface area contributed by atoms with Crippen molar-refractivity contribution in [2.24, 2.45) is 5.92 Å². The van der Waals surface area contributed by atoms with Crippen LogP contribution in [-0.2, 0) is 4.79 Å². The highest BCUT2D eigenvalue weighted by atomic mass is 16.3. The van der Waals surface area contributed by atoms with Crippen LogP contribution in [0.25, 0.3) is 0 Å². The summed E-state index contributed by atoms with van der Waals surface area (Å²) in [5.74, 6) is -0.0498. The molecule has 122 valence electrons. The molecule has 5 nitrogen and oxygen atoms in total. The molecule has 0 bridgehead atoms. The van der Waals surface area contributed by atoms with Gasteiger partial charge in [0.1, 0.15) is 6.26 Å². The van der Waals surface area contributed by atoms with E-state index in [1.165, 1.54) is 25.4 Å². The van der Waals surface area contributed by atoms with Crippen molar-refractivity contribution < 1.29 is 14.0 Å². The second kappa shape index (κ2) is 8.61. The maximum Gasteiger partial charge on any atom is 0.257 e. The molecule has 1 aliphatic heterocycles. The normalized spacial score (nSPS) is 18.2. The van der Waals surface area contributed by atoms with Gasteiger partial charge in [0.2, 0.25) is 5.91 Å². The summed E-state index contributed by atoms with van der Waals surface area (Å²) in [5.41, 5.74) is 0.556. The second-order valence-electron chi connectivity index (χ2n) is 5.95. The van der Waals surface area contributed by atoms with Crippen molar-refractivity contribution in [3.05, 3.63) is 24.2 Å². The van der Waals surface area contributed by atoms with Crippen molar-refractivity contribution in [3.8, 4) is 0 Å². The molecule has 2 heterocycles. The number of rotatable bonds is 7. The predicted molar refractivity (Wildman–Crippen MR) is 84.5 cm³/mol. The summed E-state index contributed by atoms with van der Waals surface area (Å²) in [7, 11) is 0. The van der Waals surface area contributed by atoms with E-state index in [4.69, 9.17) is 4.42 Å². The molecule has 0 saturated carbocycles. The maximum absolute atomic E-state index is 12.3. The molecule has 1 aliphatic rings. The lowest BCUT2D eigenvalue weighted by atomic mass is 9.96. The topological polar surface area (TPSA) is 62.6 Å². The number of hydrogen-bond acceptors (Lipinski definition) is 3. The number of carbonyl (C=O) groups excluding carboxylic acids is 2. The van der Waals surface area contributed by atoms with Gasteiger partial charge in [0.25, 0.3) is 5.91 Å². The van der Waals surface area contributed by atoms with Crippen molar-refractivity contribution in [2.45, 2.75) is 45.4 Å². The zero-order valence-electron chi connectivity index (χ0n) is 13.3. The van der Waals surface area contributed by atoms with E-state index in [1.807, 2.05) is 0 Å². The van der Waals surface area contributed by atoms with E-state index in [1.54, 1.807) is 11.0 Å². The van der Waals surface area contributed by atoms with Gasteiger partial charge in [-0.1, -0.05) is 26.2 Å². The van der Waals surface area contributed by atoms with Gasteiger partial charge in [0.15, 0.2) is 0 Å². The van der Waals surface area contributed by atoms with E-state index in [9.17, 15) is 9.59 Å². The van der Waals surface area contributed by atoms with E-state index in [0.29, 0.717) is 18.7 Å². The fourth-order valence-corrected chi connectivity index (χ4v) is 2.85. The van der Waals surface area contributed by atoms with Crippen LogP contribution in [0.5, 0.6) is 0 Å². The quantitative estimate of drug-likeness (QED) is 0.788. The molecule has 1 aromatic heterocycles. The number of furan rings is 1. The Labute approximate surface area is 132 Å². The van der Waals surface area contributed by atoms with Crippen LogP contribution in [0.2, 0.25) is 0 Å². The Hall–Kier alpha value is -1.78. The smallest absolute Gasteiger partial charge is 0.257 e. The number of nitrogens with one attached hydrogen (secondary N) is 1. The number of unbranched alkanes of at least 4 members (excludes halogenated alkanes) is 3. The molecule has 1 saturated heterocycles. The van der Waals surface area contributed by atoms with Crippen molar-refractivity contribution in [1.29, 1.82) is 0 Å². The van der Waals surface area contributed by atoms with Gasteiger partial charge < -0.3 is 14.6 Å². The molecule has 0 spiro atoms. The lowest BCUT2D eigenvalue weighted by Crippen LogP contribution is -2.45. The van der Waals surface area contributed by atoms with Crippen molar-refractivity contribution in [3.63, 3.8) is 0 Å². The van der Waals surface area contributed by atoms with E-state index in [2.05, 4.69) is 12.2 Å². The first-order valence-corrected chi connectivity index (χ1v) is 8.31. The lowest BCUT2D eigenvalue weighted by Gasteiger charge is -2.31. The van der Waals surface area contributed by atoms with Crippen LogP contribution in [0, 0.1) is 5.92 Å². The third-order valence-corrected chi connectivity index (χ3v) is 4.18. The van der Waals surface area contributed by atoms with Gasteiger partial charge in [-0.15, -0.1) is 0 Å². The standard InChI is InChI=1S/C17H26N2O3/c1-2-3-4-5-9-18-16(20)14-7-6-10-19(12-14)17(21)15-8-11-22-13-15/h8,11,13-14H,2-7,9-10,12H2,1H3,(H,18,20). The van der Waals surface area contributed by atoms with Gasteiger partial charge >= 0.3 is 0 Å². The monoisotopic (exact) mass is 306 g/mol. The maximum atomic E-state index is 12.3. The zero-order chi connectivity index (χ0) is 15.8. The van der Waals surface area contributed by atoms with E-state index in [-0.39, 0.29) is 17.7 Å².